The van der Waals surface area contributed by atoms with E-state index in [-0.39, 0.29) is 0 Å². The van der Waals surface area contributed by atoms with Gasteiger partial charge in [0.1, 0.15) is 0 Å². The van der Waals surface area contributed by atoms with Crippen LogP contribution in [0, 0.1) is 0 Å². The highest BCUT2D eigenvalue weighted by molar-refractivity contribution is 5.23. The molecule has 0 heterocycles. The van der Waals surface area contributed by atoms with E-state index in [0.29, 0.717) is 19.3 Å². The maximum Gasteiger partial charge on any atom is 0.0615 e. The predicted octanol–water partition coefficient (Wildman–Crippen LogP) is 1.84. The van der Waals surface area contributed by atoms with Gasteiger partial charge in [-0.1, -0.05) is 30.3 Å². The van der Waals surface area contributed by atoms with E-state index in [1.165, 1.54) is 0 Å². The van der Waals surface area contributed by atoms with Gasteiger partial charge in [-0.2, -0.15) is 0 Å². The van der Waals surface area contributed by atoms with Gasteiger partial charge in [0.2, 0.25) is 0 Å². The second-order valence-corrected chi connectivity index (χ2v) is 5.55. The first-order chi connectivity index (χ1) is 9.51. The zero-order valence-corrected chi connectivity index (χ0v) is 13.1. The molecule has 0 saturated carbocycles. The van der Waals surface area contributed by atoms with Crippen LogP contribution in [0.2, 0.25) is 0 Å². The summed E-state index contributed by atoms with van der Waals surface area (Å²) in [6.45, 7) is 7.22. The van der Waals surface area contributed by atoms with Crippen molar-refractivity contribution in [2.45, 2.75) is 25.4 Å². The third-order valence-corrected chi connectivity index (χ3v) is 3.58. The molecule has 0 bridgehead atoms. The van der Waals surface area contributed by atoms with Gasteiger partial charge in [-0.15, -0.1) is 0 Å². The molecule has 0 aliphatic heterocycles. The van der Waals surface area contributed by atoms with E-state index in [9.17, 15) is 0 Å². The zero-order chi connectivity index (χ0) is 15.0. The predicted molar refractivity (Wildman–Crippen MR) is 82.8 cm³/mol. The summed E-state index contributed by atoms with van der Waals surface area (Å²) in [7, 11) is 3.45. The van der Waals surface area contributed by atoms with Gasteiger partial charge in [-0.05, 0) is 19.4 Å². The van der Waals surface area contributed by atoms with Crippen molar-refractivity contribution in [2.75, 3.05) is 40.5 Å². The molecule has 20 heavy (non-hydrogen) atoms. The second kappa shape index (κ2) is 8.37. The quantitative estimate of drug-likeness (QED) is 0.750. The maximum absolute atomic E-state index is 6.52. The molecular weight excluding hydrogens is 252 g/mol. The van der Waals surface area contributed by atoms with E-state index in [2.05, 4.69) is 30.9 Å². The monoisotopic (exact) mass is 280 g/mol. The molecule has 0 amide bonds. The average molecular weight is 280 g/mol. The summed E-state index contributed by atoms with van der Waals surface area (Å²) in [4.78, 5) is 2.32. The first-order valence-corrected chi connectivity index (χ1v) is 7.07. The standard InChI is InChI=1S/C16H28N2O2/c1-14(12-20-4)18(10-11-19-3)13-16(2,17)15-8-6-5-7-9-15/h5-9,14H,10-13,17H2,1-4H3. The van der Waals surface area contributed by atoms with Crippen LogP contribution in [0.25, 0.3) is 0 Å². The van der Waals surface area contributed by atoms with Crippen LogP contribution in [0.5, 0.6) is 0 Å². The van der Waals surface area contributed by atoms with Gasteiger partial charge < -0.3 is 15.2 Å². The number of hydrogen-bond acceptors (Lipinski definition) is 4. The number of rotatable bonds is 9. The van der Waals surface area contributed by atoms with Crippen molar-refractivity contribution in [2.24, 2.45) is 5.73 Å². The van der Waals surface area contributed by atoms with Crippen LogP contribution >= 0.6 is 0 Å². The van der Waals surface area contributed by atoms with E-state index in [1.54, 1.807) is 14.2 Å². The van der Waals surface area contributed by atoms with Crippen LogP contribution < -0.4 is 5.73 Å². The smallest absolute Gasteiger partial charge is 0.0615 e. The third-order valence-electron chi connectivity index (χ3n) is 3.58. The molecular formula is C16H28N2O2. The lowest BCUT2D eigenvalue weighted by Crippen LogP contribution is -2.50. The van der Waals surface area contributed by atoms with Crippen molar-refractivity contribution >= 4 is 0 Å². The molecule has 4 heteroatoms. The van der Waals surface area contributed by atoms with E-state index in [1.807, 2.05) is 18.2 Å². The fourth-order valence-corrected chi connectivity index (χ4v) is 2.34. The topological polar surface area (TPSA) is 47.7 Å². The van der Waals surface area contributed by atoms with Gasteiger partial charge in [0, 0.05) is 33.4 Å². The first-order valence-electron chi connectivity index (χ1n) is 7.07. The van der Waals surface area contributed by atoms with Gasteiger partial charge in [0.15, 0.2) is 0 Å². The van der Waals surface area contributed by atoms with Gasteiger partial charge >= 0.3 is 0 Å². The Morgan fingerprint density at radius 1 is 1.20 bits per heavy atom. The van der Waals surface area contributed by atoms with Crippen LogP contribution in [-0.4, -0.2) is 51.5 Å². The Labute approximate surface area is 122 Å². The molecule has 0 spiro atoms. The highest BCUT2D eigenvalue weighted by Crippen LogP contribution is 2.20. The maximum atomic E-state index is 6.52. The van der Waals surface area contributed by atoms with Crippen LogP contribution in [0.15, 0.2) is 30.3 Å². The van der Waals surface area contributed by atoms with E-state index < -0.39 is 5.54 Å². The summed E-state index contributed by atoms with van der Waals surface area (Å²) in [5, 5.41) is 0. The Morgan fingerprint density at radius 3 is 2.40 bits per heavy atom. The Hall–Kier alpha value is -0.940. The highest BCUT2D eigenvalue weighted by atomic mass is 16.5. The lowest BCUT2D eigenvalue weighted by molar-refractivity contribution is 0.0618. The largest absolute Gasteiger partial charge is 0.383 e. The van der Waals surface area contributed by atoms with Gasteiger partial charge in [0.05, 0.1) is 18.8 Å². The highest BCUT2D eigenvalue weighted by Gasteiger charge is 2.26. The first kappa shape index (κ1) is 17.1. The molecule has 114 valence electrons. The third kappa shape index (κ3) is 5.21. The zero-order valence-electron chi connectivity index (χ0n) is 13.1. The molecule has 0 saturated heterocycles. The summed E-state index contributed by atoms with van der Waals surface area (Å²) in [5.74, 6) is 0. The van der Waals surface area contributed by atoms with Crippen LogP contribution in [0.1, 0.15) is 19.4 Å². The van der Waals surface area contributed by atoms with Crippen LogP contribution in [-0.2, 0) is 15.0 Å². The minimum Gasteiger partial charge on any atom is -0.383 e. The lowest BCUT2D eigenvalue weighted by atomic mass is 9.92. The molecule has 2 atom stereocenters. The minimum atomic E-state index is -0.392. The molecule has 0 radical (unpaired) electrons. The Kier molecular flexibility index (Phi) is 7.16. The molecule has 4 nitrogen and oxygen atoms in total. The number of methoxy groups -OCH3 is 2. The number of ether oxygens (including phenoxy) is 2. The minimum absolute atomic E-state index is 0.307. The molecule has 0 aromatic heterocycles. The summed E-state index contributed by atoms with van der Waals surface area (Å²) >= 11 is 0. The van der Waals surface area contributed by atoms with Gasteiger partial charge in [-0.3, -0.25) is 4.90 Å². The van der Waals surface area contributed by atoms with Crippen molar-refractivity contribution in [3.8, 4) is 0 Å². The fourth-order valence-electron chi connectivity index (χ4n) is 2.34. The fraction of sp³-hybridized carbons (Fsp3) is 0.625. The summed E-state index contributed by atoms with van der Waals surface area (Å²) in [6.07, 6.45) is 0. The van der Waals surface area contributed by atoms with Crippen molar-refractivity contribution < 1.29 is 9.47 Å². The van der Waals surface area contributed by atoms with Crippen LogP contribution in [0.3, 0.4) is 0 Å². The molecule has 2 N–H and O–H groups in total. The Morgan fingerprint density at radius 2 is 1.85 bits per heavy atom. The van der Waals surface area contributed by atoms with Crippen molar-refractivity contribution in [1.82, 2.24) is 4.90 Å². The normalized spacial score (nSPS) is 16.1. The number of nitrogens with zero attached hydrogens (tertiary/aromatic N) is 1. The average Bonchev–Trinajstić information content (AvgIpc) is 2.44. The molecule has 0 aliphatic rings. The summed E-state index contributed by atoms with van der Waals surface area (Å²) < 4.78 is 10.5. The van der Waals surface area contributed by atoms with Crippen molar-refractivity contribution in [3.63, 3.8) is 0 Å². The van der Waals surface area contributed by atoms with Crippen molar-refractivity contribution in [3.05, 3.63) is 35.9 Å². The van der Waals surface area contributed by atoms with Crippen molar-refractivity contribution in [1.29, 1.82) is 0 Å². The van der Waals surface area contributed by atoms with Gasteiger partial charge in [0.25, 0.3) is 0 Å². The van der Waals surface area contributed by atoms with E-state index >= 15 is 0 Å². The molecule has 0 aliphatic carbocycles. The molecule has 2 unspecified atom stereocenters. The molecule has 1 aromatic carbocycles. The van der Waals surface area contributed by atoms with E-state index in [0.717, 1.165) is 18.7 Å². The molecule has 0 fully saturated rings. The number of benzene rings is 1. The van der Waals surface area contributed by atoms with E-state index in [4.69, 9.17) is 15.2 Å². The van der Waals surface area contributed by atoms with Gasteiger partial charge in [-0.25, -0.2) is 0 Å². The lowest BCUT2D eigenvalue weighted by Gasteiger charge is -2.36. The second-order valence-electron chi connectivity index (χ2n) is 5.55. The number of hydrogen-bond donors (Lipinski definition) is 1. The molecule has 1 aromatic rings. The molecule has 1 rings (SSSR count). The summed E-state index contributed by atoms with van der Waals surface area (Å²) in [6, 6.07) is 10.5. The Balaban J connectivity index is 2.76. The number of nitrogens with two attached hydrogens (primary N) is 1. The summed E-state index contributed by atoms with van der Waals surface area (Å²) in [5.41, 5.74) is 7.27. The Bertz CT molecular complexity index is 368. The SMILES string of the molecule is COCCN(CC(C)(N)c1ccccc1)C(C)COC. The van der Waals surface area contributed by atoms with Crippen LogP contribution in [0.4, 0.5) is 0 Å².